The van der Waals surface area contributed by atoms with Gasteiger partial charge in [-0.25, -0.2) is 0 Å². The summed E-state index contributed by atoms with van der Waals surface area (Å²) >= 11 is 0. The van der Waals surface area contributed by atoms with Crippen LogP contribution in [0.25, 0.3) is 0 Å². The first-order valence-corrected chi connectivity index (χ1v) is 4.25. The summed E-state index contributed by atoms with van der Waals surface area (Å²) < 4.78 is 5.25. The van der Waals surface area contributed by atoms with Gasteiger partial charge in [0.05, 0.1) is 6.10 Å². The van der Waals surface area contributed by atoms with Crippen molar-refractivity contribution in [3.63, 3.8) is 0 Å². The van der Waals surface area contributed by atoms with Gasteiger partial charge in [-0.2, -0.15) is 0 Å². The monoisotopic (exact) mass is 188 g/mol. The summed E-state index contributed by atoms with van der Waals surface area (Å²) in [6, 6.07) is 0. The van der Waals surface area contributed by atoms with Gasteiger partial charge in [-0.15, -0.1) is 0 Å². The van der Waals surface area contributed by atoms with Gasteiger partial charge in [-0.3, -0.25) is 9.59 Å². The summed E-state index contributed by atoms with van der Waals surface area (Å²) in [7, 11) is 0. The van der Waals surface area contributed by atoms with Gasteiger partial charge in [0.15, 0.2) is 0 Å². The first-order valence-electron chi connectivity index (χ1n) is 4.25. The summed E-state index contributed by atoms with van der Waals surface area (Å²) in [6.45, 7) is 4.40. The quantitative estimate of drug-likeness (QED) is 0.403. The Balaban J connectivity index is 3.77. The van der Waals surface area contributed by atoms with E-state index in [9.17, 15) is 9.59 Å². The molecule has 0 saturated carbocycles. The highest BCUT2D eigenvalue weighted by molar-refractivity contribution is 5.50. The number of ether oxygens (including phenoxy) is 1. The molecule has 0 heterocycles. The van der Waals surface area contributed by atoms with Gasteiger partial charge in [0.1, 0.15) is 6.17 Å². The van der Waals surface area contributed by atoms with Crippen LogP contribution in [0.2, 0.25) is 0 Å². The van der Waals surface area contributed by atoms with Crippen LogP contribution in [-0.2, 0) is 14.3 Å². The van der Waals surface area contributed by atoms with Crippen molar-refractivity contribution in [1.29, 1.82) is 0 Å². The highest BCUT2D eigenvalue weighted by atomic mass is 16.5. The van der Waals surface area contributed by atoms with Crippen molar-refractivity contribution in [3.8, 4) is 0 Å². The van der Waals surface area contributed by atoms with Gasteiger partial charge in [0.2, 0.25) is 12.8 Å². The molecule has 0 aliphatic carbocycles. The van der Waals surface area contributed by atoms with Crippen LogP contribution in [0.15, 0.2) is 0 Å². The molecule has 1 unspecified atom stereocenters. The summed E-state index contributed by atoms with van der Waals surface area (Å²) in [4.78, 5) is 20.2. The second-order valence-electron chi connectivity index (χ2n) is 2.62. The molecule has 0 fully saturated rings. The van der Waals surface area contributed by atoms with Crippen LogP contribution in [0.3, 0.4) is 0 Å². The average molecular weight is 188 g/mol. The normalized spacial score (nSPS) is 12.2. The van der Waals surface area contributed by atoms with Crippen LogP contribution >= 0.6 is 0 Å². The van der Waals surface area contributed by atoms with Gasteiger partial charge in [0.25, 0.3) is 0 Å². The molecule has 2 N–H and O–H groups in total. The van der Waals surface area contributed by atoms with Crippen LogP contribution in [0, 0.1) is 0 Å². The predicted octanol–water partition coefficient (Wildman–Crippen LogP) is -0.380. The first-order chi connectivity index (χ1) is 6.24. The average Bonchev–Trinajstić information content (AvgIpc) is 2.05. The minimum absolute atomic E-state index is 0.00917. The maximum absolute atomic E-state index is 10.1. The van der Waals surface area contributed by atoms with Gasteiger partial charge in [0, 0.05) is 13.0 Å². The van der Waals surface area contributed by atoms with Crippen LogP contribution in [0.1, 0.15) is 20.3 Å². The molecule has 13 heavy (non-hydrogen) atoms. The van der Waals surface area contributed by atoms with Gasteiger partial charge in [-0.1, -0.05) is 0 Å². The standard InChI is InChI=1S/C8H16N2O3/c1-3-13-7(2)4-8(9-5-11)10-6-12/h5-8H,3-4H2,1-2H3,(H,9,11)(H,10,12). The number of hydrogen-bond donors (Lipinski definition) is 2. The van der Waals surface area contributed by atoms with Crippen molar-refractivity contribution in [2.24, 2.45) is 0 Å². The molecule has 0 saturated heterocycles. The molecule has 0 aromatic heterocycles. The van der Waals surface area contributed by atoms with Crippen LogP contribution in [0.5, 0.6) is 0 Å². The number of carbonyl (C=O) groups excluding carboxylic acids is 2. The van der Waals surface area contributed by atoms with Crippen molar-refractivity contribution in [1.82, 2.24) is 10.6 Å². The lowest BCUT2D eigenvalue weighted by atomic mass is 10.2. The summed E-state index contributed by atoms with van der Waals surface area (Å²) in [6.07, 6.45) is 1.33. The van der Waals surface area contributed by atoms with E-state index in [1.54, 1.807) is 0 Å². The fraction of sp³-hybridized carbons (Fsp3) is 0.750. The smallest absolute Gasteiger partial charge is 0.208 e. The lowest BCUT2D eigenvalue weighted by molar-refractivity contribution is -0.112. The number of hydrogen-bond acceptors (Lipinski definition) is 3. The predicted molar refractivity (Wildman–Crippen MR) is 47.9 cm³/mol. The molecule has 5 heteroatoms. The van der Waals surface area contributed by atoms with E-state index in [2.05, 4.69) is 10.6 Å². The molecule has 0 aliphatic rings. The van der Waals surface area contributed by atoms with E-state index < -0.39 is 0 Å². The Morgan fingerprint density at radius 1 is 1.31 bits per heavy atom. The van der Waals surface area contributed by atoms with Crippen molar-refractivity contribution >= 4 is 12.8 Å². The molecule has 0 spiro atoms. The highest BCUT2D eigenvalue weighted by Gasteiger charge is 2.10. The minimum Gasteiger partial charge on any atom is -0.379 e. The fourth-order valence-corrected chi connectivity index (χ4v) is 1.03. The van der Waals surface area contributed by atoms with E-state index >= 15 is 0 Å². The lowest BCUT2D eigenvalue weighted by Crippen LogP contribution is -2.43. The maximum Gasteiger partial charge on any atom is 0.208 e. The summed E-state index contributed by atoms with van der Waals surface area (Å²) in [5.74, 6) is 0. The van der Waals surface area contributed by atoms with Crippen LogP contribution in [-0.4, -0.2) is 31.7 Å². The Morgan fingerprint density at radius 3 is 2.23 bits per heavy atom. The molecule has 0 rings (SSSR count). The van der Waals surface area contributed by atoms with Crippen molar-refractivity contribution in [2.45, 2.75) is 32.5 Å². The molecular weight excluding hydrogens is 172 g/mol. The van der Waals surface area contributed by atoms with E-state index in [1.807, 2.05) is 13.8 Å². The topological polar surface area (TPSA) is 67.4 Å². The molecule has 0 aromatic carbocycles. The van der Waals surface area contributed by atoms with Gasteiger partial charge >= 0.3 is 0 Å². The molecule has 5 nitrogen and oxygen atoms in total. The number of nitrogens with one attached hydrogen (secondary N) is 2. The largest absolute Gasteiger partial charge is 0.379 e. The van der Waals surface area contributed by atoms with Crippen molar-refractivity contribution in [3.05, 3.63) is 0 Å². The molecule has 76 valence electrons. The van der Waals surface area contributed by atoms with Crippen molar-refractivity contribution < 1.29 is 14.3 Å². The Bertz CT molecular complexity index is 142. The van der Waals surface area contributed by atoms with E-state index in [0.29, 0.717) is 25.8 Å². The van der Waals surface area contributed by atoms with Gasteiger partial charge in [-0.05, 0) is 13.8 Å². The second-order valence-corrected chi connectivity index (χ2v) is 2.62. The fourth-order valence-electron chi connectivity index (χ4n) is 1.03. The zero-order valence-corrected chi connectivity index (χ0v) is 7.95. The lowest BCUT2D eigenvalue weighted by Gasteiger charge is -2.19. The van der Waals surface area contributed by atoms with E-state index in [4.69, 9.17) is 4.74 Å². The Morgan fingerprint density at radius 2 is 1.85 bits per heavy atom. The van der Waals surface area contributed by atoms with E-state index in [0.717, 1.165) is 0 Å². The maximum atomic E-state index is 10.1. The number of carbonyl (C=O) groups is 2. The summed E-state index contributed by atoms with van der Waals surface area (Å²) in [5, 5.41) is 4.94. The molecule has 0 aromatic rings. The number of amides is 2. The minimum atomic E-state index is -0.350. The Hall–Kier alpha value is -1.10. The third-order valence-electron chi connectivity index (χ3n) is 1.56. The molecule has 2 amide bonds. The van der Waals surface area contributed by atoms with E-state index in [-0.39, 0.29) is 12.3 Å². The molecule has 1 atom stereocenters. The Kier molecular flexibility index (Phi) is 6.91. The highest BCUT2D eigenvalue weighted by Crippen LogP contribution is 1.99. The van der Waals surface area contributed by atoms with Crippen LogP contribution in [0.4, 0.5) is 0 Å². The molecular formula is C8H16N2O3. The molecule has 0 aliphatic heterocycles. The summed E-state index contributed by atoms with van der Waals surface area (Å²) in [5.41, 5.74) is 0. The Labute approximate surface area is 77.8 Å². The SMILES string of the molecule is CCOC(C)CC(NC=O)NC=O. The zero-order chi connectivity index (χ0) is 10.1. The third-order valence-corrected chi connectivity index (χ3v) is 1.56. The van der Waals surface area contributed by atoms with E-state index in [1.165, 1.54) is 0 Å². The second kappa shape index (κ2) is 7.54. The molecule has 0 bridgehead atoms. The first kappa shape index (κ1) is 11.9. The molecule has 0 radical (unpaired) electrons. The van der Waals surface area contributed by atoms with Gasteiger partial charge < -0.3 is 15.4 Å². The zero-order valence-electron chi connectivity index (χ0n) is 7.95. The number of rotatable bonds is 8. The van der Waals surface area contributed by atoms with Crippen molar-refractivity contribution in [2.75, 3.05) is 6.61 Å². The van der Waals surface area contributed by atoms with Crippen LogP contribution < -0.4 is 10.6 Å². The third kappa shape index (κ3) is 6.10.